The van der Waals surface area contributed by atoms with Crippen molar-refractivity contribution < 1.29 is 0 Å². The van der Waals surface area contributed by atoms with Crippen LogP contribution in [0.2, 0.25) is 0 Å². The van der Waals surface area contributed by atoms with Gasteiger partial charge in [-0.1, -0.05) is 12.8 Å². The third-order valence-electron chi connectivity index (χ3n) is 4.59. The molecule has 6 heteroatoms. The Hall–Kier alpha value is -1.24. The second-order valence-electron chi connectivity index (χ2n) is 6.32. The molecule has 0 aromatic carbocycles. The highest BCUT2D eigenvalue weighted by molar-refractivity contribution is 5.50. The SMILES string of the molecule is CNCC(N)c1nc2c(c(N3CCCCCC3)n1)CNCC2. The van der Waals surface area contributed by atoms with Gasteiger partial charge in [-0.05, 0) is 19.9 Å². The molecule has 0 bridgehead atoms. The first-order chi connectivity index (χ1) is 10.8. The predicted octanol–water partition coefficient (Wildman–Crippen LogP) is 0.722. The average molecular weight is 304 g/mol. The second kappa shape index (κ2) is 7.35. The molecule has 3 heterocycles. The summed E-state index contributed by atoms with van der Waals surface area (Å²) < 4.78 is 0. The minimum absolute atomic E-state index is 0.143. The van der Waals surface area contributed by atoms with Crippen molar-refractivity contribution in [1.29, 1.82) is 0 Å². The van der Waals surface area contributed by atoms with Crippen LogP contribution in [0.25, 0.3) is 0 Å². The van der Waals surface area contributed by atoms with Gasteiger partial charge >= 0.3 is 0 Å². The van der Waals surface area contributed by atoms with Gasteiger partial charge in [-0.25, -0.2) is 9.97 Å². The molecular weight excluding hydrogens is 276 g/mol. The number of nitrogens with zero attached hydrogens (tertiary/aromatic N) is 3. The summed E-state index contributed by atoms with van der Waals surface area (Å²) in [6.45, 7) is 4.78. The number of nitrogens with one attached hydrogen (secondary N) is 2. The predicted molar refractivity (Wildman–Crippen MR) is 89.0 cm³/mol. The second-order valence-corrected chi connectivity index (χ2v) is 6.32. The Labute approximate surface area is 132 Å². The Balaban J connectivity index is 1.96. The highest BCUT2D eigenvalue weighted by Gasteiger charge is 2.23. The van der Waals surface area contributed by atoms with Crippen LogP contribution in [-0.4, -0.2) is 43.2 Å². The molecule has 1 unspecified atom stereocenters. The lowest BCUT2D eigenvalue weighted by Crippen LogP contribution is -2.34. The summed E-state index contributed by atoms with van der Waals surface area (Å²) in [7, 11) is 1.91. The summed E-state index contributed by atoms with van der Waals surface area (Å²) in [6, 6.07) is -0.143. The maximum absolute atomic E-state index is 6.25. The normalized spacial score (nSPS) is 20.4. The number of nitrogens with two attached hydrogens (primary N) is 1. The van der Waals surface area contributed by atoms with Crippen molar-refractivity contribution in [2.75, 3.05) is 38.1 Å². The zero-order valence-electron chi connectivity index (χ0n) is 13.6. The maximum Gasteiger partial charge on any atom is 0.148 e. The number of hydrogen-bond acceptors (Lipinski definition) is 6. The van der Waals surface area contributed by atoms with E-state index in [4.69, 9.17) is 15.7 Å². The smallest absolute Gasteiger partial charge is 0.148 e. The lowest BCUT2D eigenvalue weighted by Gasteiger charge is -2.28. The summed E-state index contributed by atoms with van der Waals surface area (Å²) in [6.07, 6.45) is 6.13. The zero-order valence-corrected chi connectivity index (χ0v) is 13.6. The molecule has 0 amide bonds. The molecule has 122 valence electrons. The quantitative estimate of drug-likeness (QED) is 0.761. The fourth-order valence-corrected chi connectivity index (χ4v) is 3.36. The van der Waals surface area contributed by atoms with E-state index >= 15 is 0 Å². The topological polar surface area (TPSA) is 79.1 Å². The van der Waals surface area contributed by atoms with Crippen LogP contribution in [0.3, 0.4) is 0 Å². The van der Waals surface area contributed by atoms with E-state index < -0.39 is 0 Å². The van der Waals surface area contributed by atoms with Crippen molar-refractivity contribution in [2.24, 2.45) is 5.73 Å². The first-order valence-corrected chi connectivity index (χ1v) is 8.55. The number of fused-ring (bicyclic) bond motifs is 1. The zero-order chi connectivity index (χ0) is 15.4. The standard InChI is InChI=1S/C16H28N6/c1-18-11-13(17)15-20-14-6-7-19-10-12(14)16(21-15)22-8-4-2-3-5-9-22/h13,18-19H,2-11,17H2,1H3. The molecule has 2 aliphatic rings. The largest absolute Gasteiger partial charge is 0.356 e. The highest BCUT2D eigenvalue weighted by atomic mass is 15.2. The van der Waals surface area contributed by atoms with E-state index in [-0.39, 0.29) is 6.04 Å². The van der Waals surface area contributed by atoms with E-state index in [1.165, 1.54) is 36.9 Å². The van der Waals surface area contributed by atoms with Crippen molar-refractivity contribution in [3.63, 3.8) is 0 Å². The van der Waals surface area contributed by atoms with Crippen LogP contribution in [0, 0.1) is 0 Å². The van der Waals surface area contributed by atoms with Crippen LogP contribution >= 0.6 is 0 Å². The molecule has 4 N–H and O–H groups in total. The third kappa shape index (κ3) is 3.39. The van der Waals surface area contributed by atoms with Crippen molar-refractivity contribution in [3.05, 3.63) is 17.1 Å². The van der Waals surface area contributed by atoms with Crippen molar-refractivity contribution in [1.82, 2.24) is 20.6 Å². The monoisotopic (exact) mass is 304 g/mol. The average Bonchev–Trinajstić information content (AvgIpc) is 2.83. The first-order valence-electron chi connectivity index (χ1n) is 8.55. The van der Waals surface area contributed by atoms with Crippen LogP contribution in [0.5, 0.6) is 0 Å². The van der Waals surface area contributed by atoms with Gasteiger partial charge in [-0.3, -0.25) is 0 Å². The Morgan fingerprint density at radius 2 is 2.00 bits per heavy atom. The number of rotatable bonds is 4. The molecular formula is C16H28N6. The van der Waals surface area contributed by atoms with Gasteiger partial charge in [-0.15, -0.1) is 0 Å². The maximum atomic E-state index is 6.25. The molecule has 6 nitrogen and oxygen atoms in total. The lowest BCUT2D eigenvalue weighted by atomic mass is 10.1. The van der Waals surface area contributed by atoms with E-state index in [9.17, 15) is 0 Å². The minimum atomic E-state index is -0.143. The molecule has 0 spiro atoms. The lowest BCUT2D eigenvalue weighted by molar-refractivity contribution is 0.580. The number of hydrogen-bond donors (Lipinski definition) is 3. The van der Waals surface area contributed by atoms with Crippen molar-refractivity contribution in [3.8, 4) is 0 Å². The van der Waals surface area contributed by atoms with E-state index in [1.54, 1.807) is 0 Å². The molecule has 1 aromatic heterocycles. The Bertz CT molecular complexity index is 496. The van der Waals surface area contributed by atoms with Gasteiger partial charge in [0.15, 0.2) is 0 Å². The molecule has 0 radical (unpaired) electrons. The third-order valence-corrected chi connectivity index (χ3v) is 4.59. The molecule has 0 saturated carbocycles. The first kappa shape index (κ1) is 15.6. The van der Waals surface area contributed by atoms with Gasteiger partial charge in [-0.2, -0.15) is 0 Å². The summed E-state index contributed by atoms with van der Waals surface area (Å²) >= 11 is 0. The van der Waals surface area contributed by atoms with Gasteiger partial charge in [0.05, 0.1) is 11.7 Å². The van der Waals surface area contributed by atoms with Gasteiger partial charge in [0, 0.05) is 44.7 Å². The van der Waals surface area contributed by atoms with Gasteiger partial charge in [0.2, 0.25) is 0 Å². The Kier molecular flexibility index (Phi) is 5.23. The summed E-state index contributed by atoms with van der Waals surface area (Å²) in [5, 5.41) is 6.58. The highest BCUT2D eigenvalue weighted by Crippen LogP contribution is 2.27. The number of anilines is 1. The Morgan fingerprint density at radius 1 is 1.23 bits per heavy atom. The molecule has 22 heavy (non-hydrogen) atoms. The number of likely N-dealkylation sites (N-methyl/N-ethyl adjacent to an activating group) is 1. The van der Waals surface area contributed by atoms with Crippen LogP contribution in [0.4, 0.5) is 5.82 Å². The molecule has 3 rings (SSSR count). The van der Waals surface area contributed by atoms with Gasteiger partial charge < -0.3 is 21.3 Å². The summed E-state index contributed by atoms with van der Waals surface area (Å²) in [4.78, 5) is 12.1. The van der Waals surface area contributed by atoms with Crippen molar-refractivity contribution in [2.45, 2.75) is 44.7 Å². The molecule has 1 aromatic rings. The summed E-state index contributed by atoms with van der Waals surface area (Å²) in [5.74, 6) is 1.91. The van der Waals surface area contributed by atoms with Crippen molar-refractivity contribution >= 4 is 5.82 Å². The molecule has 1 saturated heterocycles. The van der Waals surface area contributed by atoms with Crippen LogP contribution < -0.4 is 21.3 Å². The van der Waals surface area contributed by atoms with E-state index in [1.807, 2.05) is 7.05 Å². The van der Waals surface area contributed by atoms with Crippen LogP contribution in [0.15, 0.2) is 0 Å². The minimum Gasteiger partial charge on any atom is -0.356 e. The Morgan fingerprint density at radius 3 is 2.73 bits per heavy atom. The van der Waals surface area contributed by atoms with Crippen LogP contribution in [0.1, 0.15) is 48.8 Å². The molecule has 1 fully saturated rings. The fourth-order valence-electron chi connectivity index (χ4n) is 3.36. The van der Waals surface area contributed by atoms with E-state index in [0.29, 0.717) is 6.54 Å². The molecule has 0 aliphatic carbocycles. The van der Waals surface area contributed by atoms with Gasteiger partial charge in [0.1, 0.15) is 11.6 Å². The van der Waals surface area contributed by atoms with Crippen LogP contribution in [-0.2, 0) is 13.0 Å². The van der Waals surface area contributed by atoms with E-state index in [2.05, 4.69) is 15.5 Å². The fraction of sp³-hybridized carbons (Fsp3) is 0.750. The summed E-state index contributed by atoms with van der Waals surface area (Å²) in [5.41, 5.74) is 8.72. The van der Waals surface area contributed by atoms with Gasteiger partial charge in [0.25, 0.3) is 0 Å². The molecule has 2 aliphatic heterocycles. The molecule has 1 atom stereocenters. The van der Waals surface area contributed by atoms with E-state index in [0.717, 1.165) is 44.2 Å². The number of aromatic nitrogens is 2.